The van der Waals surface area contributed by atoms with Gasteiger partial charge in [-0.1, -0.05) is 48.5 Å². The summed E-state index contributed by atoms with van der Waals surface area (Å²) < 4.78 is 170. The van der Waals surface area contributed by atoms with Crippen molar-refractivity contribution < 1.29 is 71.5 Å². The molecule has 0 bridgehead atoms. The zero-order valence-corrected chi connectivity index (χ0v) is 64.1. The van der Waals surface area contributed by atoms with Crippen molar-refractivity contribution in [3.63, 3.8) is 0 Å². The molecule has 0 saturated heterocycles. The van der Waals surface area contributed by atoms with E-state index >= 15 is 8.78 Å². The van der Waals surface area contributed by atoms with Crippen molar-refractivity contribution in [2.24, 2.45) is 26.9 Å². The van der Waals surface area contributed by atoms with Crippen molar-refractivity contribution >= 4 is 117 Å². The van der Waals surface area contributed by atoms with Crippen LogP contribution < -0.4 is 73.4 Å². The minimum atomic E-state index is -6.34. The number of hydrogen-bond acceptors (Lipinski definition) is 16. The molecule has 5 heterocycles. The lowest BCUT2D eigenvalue weighted by molar-refractivity contribution is -0.0499. The number of carbonyl (C=O) groups is 1. The number of aryl methyl sites for hydroxylation is 4. The molecular formula is C72H54F8I3N9O15S. The Labute approximate surface area is 644 Å². The number of benzene rings is 7. The highest BCUT2D eigenvalue weighted by Crippen LogP contribution is 2.36. The molecule has 0 spiro atoms. The molecule has 36 heteroatoms. The number of carbonyl (C=O) groups excluding carboxylic acids is 1. The van der Waals surface area contributed by atoms with Gasteiger partial charge in [0.25, 0.3) is 33.7 Å². The van der Waals surface area contributed by atoms with E-state index in [4.69, 9.17) is 24.7 Å². The molecule has 12 rings (SSSR count). The first kappa shape index (κ1) is 79.7. The van der Waals surface area contributed by atoms with Gasteiger partial charge in [-0.05, 0) is 195 Å². The number of anilines is 2. The van der Waals surface area contributed by atoms with Crippen molar-refractivity contribution in [3.05, 3.63) is 298 Å². The SMILES string of the molecule is COc1ccc(Cn2c(=O)c3c(OS(=O)(=O)C(F)(F)F)cc(=O)n(C)c3n(-c3ccc(I)cc3F)c2=O)cc1.COc1ccc(Cn2c(=O)c3c(Oc4cccc(C)c4F)cc(=O)n(C)c3n(-c3ccc(I)cc3F)c2=O)cc1.Cc1cccc(Oc2cc(=O)n(C)c(Nc3ccc(I)cc3F)c2C(N)=O)c1F. The number of rotatable bonds is 17. The fourth-order valence-corrected chi connectivity index (χ4v) is 12.6. The molecule has 0 aliphatic heterocycles. The highest BCUT2D eigenvalue weighted by atomic mass is 127. The van der Waals surface area contributed by atoms with E-state index in [1.807, 2.05) is 45.2 Å². The number of aromatic nitrogens is 7. The van der Waals surface area contributed by atoms with Crippen molar-refractivity contribution in [3.8, 4) is 51.6 Å². The number of methoxy groups -OCH3 is 2. The van der Waals surface area contributed by atoms with E-state index in [1.54, 1.807) is 97.1 Å². The van der Waals surface area contributed by atoms with Crippen molar-refractivity contribution in [2.75, 3.05) is 19.5 Å². The molecule has 0 fully saturated rings. The van der Waals surface area contributed by atoms with E-state index in [-0.39, 0.29) is 63.3 Å². The van der Waals surface area contributed by atoms with Crippen LogP contribution in [0.25, 0.3) is 33.4 Å². The molecule has 0 radical (unpaired) electrons. The molecule has 7 aromatic carbocycles. The number of nitrogens with zero attached hydrogens (tertiary/aromatic N) is 7. The average molecular weight is 1850 g/mol. The third kappa shape index (κ3) is 16.5. The van der Waals surface area contributed by atoms with E-state index in [0.29, 0.717) is 64.2 Å². The van der Waals surface area contributed by atoms with Crippen LogP contribution in [0, 0.1) is 53.6 Å². The summed E-state index contributed by atoms with van der Waals surface area (Å²) in [6, 6.07) is 36.3. The Bertz CT molecular complexity index is 6210. The Hall–Kier alpha value is -10.9. The normalized spacial score (nSPS) is 11.4. The summed E-state index contributed by atoms with van der Waals surface area (Å²) in [5, 5.41) is 1.64. The third-order valence-electron chi connectivity index (χ3n) is 16.3. The van der Waals surface area contributed by atoms with Crippen molar-refractivity contribution in [1.82, 2.24) is 32.0 Å². The van der Waals surface area contributed by atoms with Crippen molar-refractivity contribution in [2.45, 2.75) is 32.4 Å². The van der Waals surface area contributed by atoms with Crippen molar-refractivity contribution in [1.29, 1.82) is 0 Å². The van der Waals surface area contributed by atoms with Crippen LogP contribution in [-0.2, 0) is 44.4 Å². The van der Waals surface area contributed by atoms with Gasteiger partial charge in [0.15, 0.2) is 28.9 Å². The number of primary amides is 1. The molecule has 0 unspecified atom stereocenters. The highest BCUT2D eigenvalue weighted by molar-refractivity contribution is 14.1. The van der Waals surface area contributed by atoms with E-state index < -0.39 is 119 Å². The zero-order chi connectivity index (χ0) is 78.9. The second-order valence-electron chi connectivity index (χ2n) is 23.3. The largest absolute Gasteiger partial charge is 0.534 e. The molecule has 0 atom stereocenters. The van der Waals surface area contributed by atoms with Crippen LogP contribution in [0.15, 0.2) is 191 Å². The van der Waals surface area contributed by atoms with Crippen LogP contribution in [0.2, 0.25) is 0 Å². The van der Waals surface area contributed by atoms with Gasteiger partial charge in [-0.15, -0.1) is 0 Å². The molecule has 0 saturated carbocycles. The first-order valence-electron chi connectivity index (χ1n) is 31.0. The number of nitrogens with two attached hydrogens (primary N) is 1. The minimum absolute atomic E-state index is 0.0294. The lowest BCUT2D eigenvalue weighted by atomic mass is 10.2. The van der Waals surface area contributed by atoms with Crippen LogP contribution in [0.1, 0.15) is 32.6 Å². The highest BCUT2D eigenvalue weighted by Gasteiger charge is 2.49. The number of nitrogens with one attached hydrogen (secondary N) is 1. The lowest BCUT2D eigenvalue weighted by Gasteiger charge is -2.19. The fourth-order valence-electron chi connectivity index (χ4n) is 10.8. The summed E-state index contributed by atoms with van der Waals surface area (Å²) in [6.45, 7) is 2.46. The van der Waals surface area contributed by atoms with Gasteiger partial charge in [-0.3, -0.25) is 51.6 Å². The Morgan fingerprint density at radius 2 is 0.889 bits per heavy atom. The van der Waals surface area contributed by atoms with Gasteiger partial charge in [0, 0.05) is 50.1 Å². The second-order valence-corrected chi connectivity index (χ2v) is 28.6. The van der Waals surface area contributed by atoms with Crippen LogP contribution in [0.4, 0.5) is 46.6 Å². The molecule has 3 N–H and O–H groups in total. The van der Waals surface area contributed by atoms with Gasteiger partial charge in [-0.2, -0.15) is 21.6 Å². The number of alkyl halides is 3. The Kier molecular flexibility index (Phi) is 23.8. The number of ether oxygens (including phenoxy) is 4. The quantitative estimate of drug-likeness (QED) is 0.0371. The number of hydrogen-bond donors (Lipinski definition) is 2. The number of amides is 1. The van der Waals surface area contributed by atoms with Gasteiger partial charge >= 0.3 is 27.0 Å². The van der Waals surface area contributed by atoms with Crippen LogP contribution in [0.5, 0.6) is 40.2 Å². The lowest BCUT2D eigenvalue weighted by Crippen LogP contribution is -2.42. The third-order valence-corrected chi connectivity index (χ3v) is 19.3. The summed E-state index contributed by atoms with van der Waals surface area (Å²) in [5.41, 5.74) is -6.99. The summed E-state index contributed by atoms with van der Waals surface area (Å²) in [5.74, 6) is -5.76. The molecule has 0 aliphatic rings. The minimum Gasteiger partial charge on any atom is -0.497 e. The van der Waals surface area contributed by atoms with E-state index in [9.17, 15) is 73.1 Å². The average Bonchev–Trinajstić information content (AvgIpc) is 0.730. The number of fused-ring (bicyclic) bond motifs is 2. The predicted molar refractivity (Wildman–Crippen MR) is 408 cm³/mol. The monoisotopic (exact) mass is 1850 g/mol. The zero-order valence-electron chi connectivity index (χ0n) is 56.8. The van der Waals surface area contributed by atoms with Gasteiger partial charge in [0.1, 0.15) is 73.9 Å². The number of pyridine rings is 3. The molecule has 0 aliphatic carbocycles. The Morgan fingerprint density at radius 1 is 0.500 bits per heavy atom. The van der Waals surface area contributed by atoms with Gasteiger partial charge in [0.05, 0.1) is 44.4 Å². The van der Waals surface area contributed by atoms with E-state index in [2.05, 4.69) is 9.50 Å². The van der Waals surface area contributed by atoms with Gasteiger partial charge in [-0.25, -0.2) is 40.7 Å². The summed E-state index contributed by atoms with van der Waals surface area (Å²) in [7, 11) is 0.401. The van der Waals surface area contributed by atoms with E-state index in [1.165, 1.54) is 95.0 Å². The standard InChI is InChI=1S/C29H22F2IN3O5.C23H16F4IN3O7S.C20H16F2IN3O3/c1-16-5-4-6-22(26(16)31)40-23-14-24(36)33(2)27-25(23)28(37)34(15-17-7-10-19(39-3)11-8-17)29(38)35(27)21-12-9-18(32)13-20(21)30;1-29-18(32)10-17(38-39(35,36)23(25,26)27)19-20(29)31(16-8-5-13(28)9-15(16)24)22(34)30(21(19)33)11-12-3-6-14(37-2)7-4-12;1-10-4-3-5-14(18(10)22)29-15-9-16(27)26(2)20(17(15)19(24)28)25-13-7-6-11(23)8-12(13)21/h4-14H,15H2,1-3H3;3-10H,11H2,1-2H3;3-9,25H,1-2H3,(H2,24,28). The first-order chi connectivity index (χ1) is 50.9. The van der Waals surface area contributed by atoms with Crippen LogP contribution >= 0.6 is 67.8 Å². The molecule has 560 valence electrons. The molecule has 1 amide bonds. The number of halogens is 11. The maximum atomic E-state index is 15.3. The summed E-state index contributed by atoms with van der Waals surface area (Å²) in [4.78, 5) is 105. The Morgan fingerprint density at radius 3 is 1.30 bits per heavy atom. The molecular weight excluding hydrogens is 1800 g/mol. The smallest absolute Gasteiger partial charge is 0.497 e. The summed E-state index contributed by atoms with van der Waals surface area (Å²) >= 11 is 5.69. The van der Waals surface area contributed by atoms with Gasteiger partial charge in [0.2, 0.25) is 0 Å². The maximum absolute atomic E-state index is 15.3. The predicted octanol–water partition coefficient (Wildman–Crippen LogP) is 12.0. The fraction of sp³-hybridized carbons (Fsp3) is 0.139. The van der Waals surface area contributed by atoms with Gasteiger partial charge < -0.3 is 34.2 Å². The van der Waals surface area contributed by atoms with Crippen LogP contribution in [0.3, 0.4) is 0 Å². The van der Waals surface area contributed by atoms with Crippen LogP contribution in [-0.4, -0.2) is 66.0 Å². The van der Waals surface area contributed by atoms with E-state index in [0.717, 1.165) is 49.6 Å². The maximum Gasteiger partial charge on any atom is 0.534 e. The topological polar surface area (TPSA) is 289 Å². The first-order valence-corrected chi connectivity index (χ1v) is 35.7. The molecule has 24 nitrogen and oxygen atoms in total. The summed E-state index contributed by atoms with van der Waals surface area (Å²) in [6.07, 6.45) is 0. The second kappa shape index (κ2) is 32.3. The Balaban J connectivity index is 0.000000175. The molecule has 5 aromatic heterocycles. The molecule has 108 heavy (non-hydrogen) atoms. The molecule has 12 aromatic rings.